The minimum Gasteiger partial charge on any atom is -0.376 e. The number of hydrogen-bond donors (Lipinski definition) is 0. The van der Waals surface area contributed by atoms with Gasteiger partial charge in [0.25, 0.3) is 5.69 Å². The van der Waals surface area contributed by atoms with Crippen LogP contribution in [0.2, 0.25) is 0 Å². The Morgan fingerprint density at radius 2 is 2.39 bits per heavy atom. The lowest BCUT2D eigenvalue weighted by atomic mass is 10.1. The first-order valence-electron chi connectivity index (χ1n) is 5.83. The Morgan fingerprint density at radius 1 is 1.61 bits per heavy atom. The third-order valence-electron chi connectivity index (χ3n) is 2.97. The highest BCUT2D eigenvalue weighted by atomic mass is 79.9. The monoisotopic (exact) mass is 314 g/mol. The van der Waals surface area contributed by atoms with Gasteiger partial charge in [-0.1, -0.05) is 12.1 Å². The molecule has 1 unspecified atom stereocenters. The normalized spacial score (nSPS) is 20.9. The van der Waals surface area contributed by atoms with Crippen molar-refractivity contribution in [3.63, 3.8) is 0 Å². The van der Waals surface area contributed by atoms with Crippen LogP contribution in [0, 0.1) is 10.1 Å². The molecule has 2 rings (SSSR count). The van der Waals surface area contributed by atoms with Crippen LogP contribution in [0.1, 0.15) is 12.5 Å². The fourth-order valence-electron chi connectivity index (χ4n) is 2.10. The number of morpholine rings is 1. The van der Waals surface area contributed by atoms with E-state index in [0.717, 1.165) is 18.7 Å². The van der Waals surface area contributed by atoms with Crippen LogP contribution in [0.25, 0.3) is 0 Å². The fourth-order valence-corrected chi connectivity index (χ4v) is 2.64. The Hall–Kier alpha value is -0.980. The SMILES string of the molecule is CC1CN(Cc2cccc([N+](=O)[O-])c2Br)CCO1. The van der Waals surface area contributed by atoms with Crippen LogP contribution in [0.15, 0.2) is 22.7 Å². The molecule has 1 heterocycles. The molecular formula is C12H15BrN2O3. The first-order valence-corrected chi connectivity index (χ1v) is 6.63. The molecule has 1 saturated heterocycles. The highest BCUT2D eigenvalue weighted by molar-refractivity contribution is 9.10. The Labute approximate surface area is 114 Å². The molecule has 0 N–H and O–H groups in total. The predicted molar refractivity (Wildman–Crippen MR) is 71.5 cm³/mol. The van der Waals surface area contributed by atoms with Gasteiger partial charge in [0.2, 0.25) is 0 Å². The first kappa shape index (κ1) is 13.5. The van der Waals surface area contributed by atoms with Crippen molar-refractivity contribution < 1.29 is 9.66 Å². The van der Waals surface area contributed by atoms with Crippen molar-refractivity contribution in [1.29, 1.82) is 0 Å². The second kappa shape index (κ2) is 5.77. The van der Waals surface area contributed by atoms with Gasteiger partial charge in [0.1, 0.15) is 0 Å². The summed E-state index contributed by atoms with van der Waals surface area (Å²) in [6.07, 6.45) is 0.219. The molecule has 98 valence electrons. The molecule has 0 saturated carbocycles. The summed E-state index contributed by atoms with van der Waals surface area (Å²) in [5.41, 5.74) is 1.06. The van der Waals surface area contributed by atoms with Crippen LogP contribution in [0.4, 0.5) is 5.69 Å². The second-order valence-electron chi connectivity index (χ2n) is 4.42. The number of nitrogens with zero attached hydrogens (tertiary/aromatic N) is 2. The van der Waals surface area contributed by atoms with Gasteiger partial charge in [0.05, 0.1) is 22.1 Å². The molecule has 6 heteroatoms. The number of ether oxygens (including phenoxy) is 1. The standard InChI is InChI=1S/C12H15BrN2O3/c1-9-7-14(5-6-18-9)8-10-3-2-4-11(12(10)13)15(16)17/h2-4,9H,5-8H2,1H3. The Bertz CT molecular complexity index is 453. The summed E-state index contributed by atoms with van der Waals surface area (Å²) in [6.45, 7) is 5.17. The number of nitro groups is 1. The van der Waals surface area contributed by atoms with Crippen LogP contribution in [-0.2, 0) is 11.3 Å². The van der Waals surface area contributed by atoms with Crippen molar-refractivity contribution in [2.24, 2.45) is 0 Å². The molecule has 1 fully saturated rings. The highest BCUT2D eigenvalue weighted by Crippen LogP contribution is 2.29. The Balaban J connectivity index is 2.14. The predicted octanol–water partition coefficient (Wildman–Crippen LogP) is 2.58. The van der Waals surface area contributed by atoms with Crippen LogP contribution in [0.3, 0.4) is 0 Å². The van der Waals surface area contributed by atoms with Gasteiger partial charge in [-0.3, -0.25) is 15.0 Å². The van der Waals surface area contributed by atoms with E-state index >= 15 is 0 Å². The lowest BCUT2D eigenvalue weighted by Crippen LogP contribution is -2.40. The number of hydrogen-bond acceptors (Lipinski definition) is 4. The van der Waals surface area contributed by atoms with E-state index in [2.05, 4.69) is 20.8 Å². The number of rotatable bonds is 3. The van der Waals surface area contributed by atoms with E-state index in [1.54, 1.807) is 6.07 Å². The van der Waals surface area contributed by atoms with Gasteiger partial charge < -0.3 is 4.74 Å². The Morgan fingerprint density at radius 3 is 3.06 bits per heavy atom. The smallest absolute Gasteiger partial charge is 0.283 e. The van der Waals surface area contributed by atoms with Gasteiger partial charge in [-0.2, -0.15) is 0 Å². The van der Waals surface area contributed by atoms with Crippen molar-refractivity contribution in [1.82, 2.24) is 4.90 Å². The summed E-state index contributed by atoms with van der Waals surface area (Å²) in [5.74, 6) is 0. The summed E-state index contributed by atoms with van der Waals surface area (Å²) in [5, 5.41) is 10.9. The third kappa shape index (κ3) is 3.07. The molecule has 5 nitrogen and oxygen atoms in total. The van der Waals surface area contributed by atoms with Gasteiger partial charge in [-0.05, 0) is 28.4 Å². The molecule has 18 heavy (non-hydrogen) atoms. The molecule has 1 atom stereocenters. The lowest BCUT2D eigenvalue weighted by molar-refractivity contribution is -0.385. The summed E-state index contributed by atoms with van der Waals surface area (Å²) in [6, 6.07) is 5.15. The zero-order chi connectivity index (χ0) is 13.1. The van der Waals surface area contributed by atoms with Gasteiger partial charge in [-0.15, -0.1) is 0 Å². The van der Waals surface area contributed by atoms with E-state index in [4.69, 9.17) is 4.74 Å². The zero-order valence-electron chi connectivity index (χ0n) is 10.1. The zero-order valence-corrected chi connectivity index (χ0v) is 11.7. The molecule has 0 amide bonds. The van der Waals surface area contributed by atoms with Crippen molar-refractivity contribution in [3.8, 4) is 0 Å². The van der Waals surface area contributed by atoms with Crippen LogP contribution in [0.5, 0.6) is 0 Å². The summed E-state index contributed by atoms with van der Waals surface area (Å²) >= 11 is 3.32. The van der Waals surface area contributed by atoms with E-state index in [1.807, 2.05) is 13.0 Å². The van der Waals surface area contributed by atoms with E-state index in [0.29, 0.717) is 17.6 Å². The maximum absolute atomic E-state index is 10.9. The van der Waals surface area contributed by atoms with E-state index in [1.165, 1.54) is 6.07 Å². The topological polar surface area (TPSA) is 55.6 Å². The minimum absolute atomic E-state index is 0.119. The van der Waals surface area contributed by atoms with E-state index < -0.39 is 0 Å². The number of halogens is 1. The van der Waals surface area contributed by atoms with Crippen LogP contribution >= 0.6 is 15.9 Å². The molecule has 0 aromatic heterocycles. The quantitative estimate of drug-likeness (QED) is 0.635. The van der Waals surface area contributed by atoms with Gasteiger partial charge in [0, 0.05) is 25.7 Å². The fraction of sp³-hybridized carbons (Fsp3) is 0.500. The number of nitro benzene ring substituents is 1. The van der Waals surface area contributed by atoms with Crippen molar-refractivity contribution in [2.75, 3.05) is 19.7 Å². The van der Waals surface area contributed by atoms with Crippen molar-refractivity contribution in [2.45, 2.75) is 19.6 Å². The van der Waals surface area contributed by atoms with E-state index in [-0.39, 0.29) is 16.7 Å². The lowest BCUT2D eigenvalue weighted by Gasteiger charge is -2.31. The third-order valence-corrected chi connectivity index (χ3v) is 3.89. The molecule has 0 aliphatic carbocycles. The largest absolute Gasteiger partial charge is 0.376 e. The summed E-state index contributed by atoms with van der Waals surface area (Å²) in [7, 11) is 0. The maximum atomic E-state index is 10.9. The summed E-state index contributed by atoms with van der Waals surface area (Å²) in [4.78, 5) is 12.7. The second-order valence-corrected chi connectivity index (χ2v) is 5.22. The molecule has 0 bridgehead atoms. The van der Waals surface area contributed by atoms with Crippen molar-refractivity contribution >= 4 is 21.6 Å². The summed E-state index contributed by atoms with van der Waals surface area (Å²) < 4.78 is 6.05. The molecule has 1 aromatic rings. The molecule has 1 aromatic carbocycles. The molecular weight excluding hydrogens is 300 g/mol. The van der Waals surface area contributed by atoms with Crippen LogP contribution < -0.4 is 0 Å². The van der Waals surface area contributed by atoms with Crippen molar-refractivity contribution in [3.05, 3.63) is 38.3 Å². The molecule has 0 radical (unpaired) electrons. The Kier molecular flexibility index (Phi) is 4.31. The minimum atomic E-state index is -0.366. The van der Waals surface area contributed by atoms with Crippen LogP contribution in [-0.4, -0.2) is 35.6 Å². The van der Waals surface area contributed by atoms with Gasteiger partial charge in [0.15, 0.2) is 0 Å². The molecule has 0 spiro atoms. The van der Waals surface area contributed by atoms with Gasteiger partial charge >= 0.3 is 0 Å². The average Bonchev–Trinajstić information content (AvgIpc) is 2.31. The molecule has 1 aliphatic rings. The van der Waals surface area contributed by atoms with Gasteiger partial charge in [-0.25, -0.2) is 0 Å². The highest BCUT2D eigenvalue weighted by Gasteiger charge is 2.20. The first-order chi connectivity index (χ1) is 8.58. The average molecular weight is 315 g/mol. The number of benzene rings is 1. The van der Waals surface area contributed by atoms with E-state index in [9.17, 15) is 10.1 Å². The molecule has 1 aliphatic heterocycles. The maximum Gasteiger partial charge on any atom is 0.283 e.